The third-order valence-corrected chi connectivity index (χ3v) is 4.43. The van der Waals surface area contributed by atoms with Crippen molar-refractivity contribution < 1.29 is 9.18 Å². The van der Waals surface area contributed by atoms with Gasteiger partial charge in [0.25, 0.3) is 0 Å². The number of alkyl halides is 1. The van der Waals surface area contributed by atoms with E-state index in [0.717, 1.165) is 19.3 Å². The molecule has 0 unspecified atom stereocenters. The van der Waals surface area contributed by atoms with Crippen molar-refractivity contribution in [1.82, 2.24) is 0 Å². The van der Waals surface area contributed by atoms with Crippen LogP contribution in [0.1, 0.15) is 39.5 Å². The summed E-state index contributed by atoms with van der Waals surface area (Å²) in [6.07, 6.45) is 2.53. The number of hydrogen-bond donors (Lipinski definition) is 1. The van der Waals surface area contributed by atoms with Gasteiger partial charge in [0, 0.05) is 11.3 Å². The summed E-state index contributed by atoms with van der Waals surface area (Å²) >= 11 is 0. The monoisotopic (exact) mass is 199 g/mol. The van der Waals surface area contributed by atoms with Crippen molar-refractivity contribution >= 4 is 5.91 Å². The summed E-state index contributed by atoms with van der Waals surface area (Å²) < 4.78 is 14.1. The number of nitrogens with two attached hydrogens (primary N) is 1. The summed E-state index contributed by atoms with van der Waals surface area (Å²) in [7, 11) is 0. The standard InChI is InChI=1S/C11H18FNO/c1-10-5-3-4-7(8(10)12)11(2,6-10)9(13)14/h7-8H,3-6H2,1-2H3,(H2,13,14)/t7-,8+,10-,11+/m0/s1. The molecule has 2 fully saturated rings. The average Bonchev–Trinajstić information content (AvgIpc) is 2.23. The van der Waals surface area contributed by atoms with E-state index in [1.807, 2.05) is 13.8 Å². The van der Waals surface area contributed by atoms with Gasteiger partial charge in [0.05, 0.1) is 5.41 Å². The first-order valence-electron chi connectivity index (χ1n) is 5.34. The Morgan fingerprint density at radius 1 is 1.50 bits per heavy atom. The minimum Gasteiger partial charge on any atom is -0.369 e. The maximum Gasteiger partial charge on any atom is 0.223 e. The predicted molar refractivity (Wildman–Crippen MR) is 52.3 cm³/mol. The Morgan fingerprint density at radius 2 is 2.14 bits per heavy atom. The molecular weight excluding hydrogens is 181 g/mol. The van der Waals surface area contributed by atoms with Crippen LogP contribution >= 0.6 is 0 Å². The van der Waals surface area contributed by atoms with Crippen LogP contribution in [-0.2, 0) is 4.79 Å². The summed E-state index contributed by atoms with van der Waals surface area (Å²) in [6, 6.07) is 0. The highest BCUT2D eigenvalue weighted by Gasteiger charge is 2.61. The van der Waals surface area contributed by atoms with Crippen LogP contribution < -0.4 is 5.73 Å². The second kappa shape index (κ2) is 2.71. The van der Waals surface area contributed by atoms with Crippen molar-refractivity contribution in [3.63, 3.8) is 0 Å². The molecule has 0 radical (unpaired) electrons. The lowest BCUT2D eigenvalue weighted by molar-refractivity contribution is -0.129. The van der Waals surface area contributed by atoms with Gasteiger partial charge in [-0.15, -0.1) is 0 Å². The molecule has 80 valence electrons. The Hall–Kier alpha value is -0.600. The maximum absolute atomic E-state index is 14.1. The highest BCUT2D eigenvalue weighted by Crippen LogP contribution is 2.61. The third-order valence-electron chi connectivity index (χ3n) is 4.43. The lowest BCUT2D eigenvalue weighted by atomic mass is 9.74. The Labute approximate surface area is 84.0 Å². The third kappa shape index (κ3) is 1.04. The van der Waals surface area contributed by atoms with E-state index >= 15 is 0 Å². The van der Waals surface area contributed by atoms with E-state index in [1.54, 1.807) is 0 Å². The maximum atomic E-state index is 14.1. The molecule has 1 amide bonds. The topological polar surface area (TPSA) is 43.1 Å². The van der Waals surface area contributed by atoms with Gasteiger partial charge in [-0.2, -0.15) is 0 Å². The fourth-order valence-electron chi connectivity index (χ4n) is 3.56. The van der Waals surface area contributed by atoms with Gasteiger partial charge in [-0.25, -0.2) is 4.39 Å². The van der Waals surface area contributed by atoms with Crippen molar-refractivity contribution in [2.75, 3.05) is 0 Å². The molecule has 14 heavy (non-hydrogen) atoms. The highest BCUT2D eigenvalue weighted by molar-refractivity contribution is 5.81. The van der Waals surface area contributed by atoms with Crippen LogP contribution in [0.2, 0.25) is 0 Å². The quantitative estimate of drug-likeness (QED) is 0.690. The molecule has 3 heteroatoms. The molecule has 2 aliphatic rings. The van der Waals surface area contributed by atoms with Gasteiger partial charge >= 0.3 is 0 Å². The van der Waals surface area contributed by atoms with E-state index in [-0.39, 0.29) is 17.2 Å². The van der Waals surface area contributed by atoms with Crippen LogP contribution in [0.15, 0.2) is 0 Å². The molecule has 0 aromatic rings. The van der Waals surface area contributed by atoms with E-state index in [0.29, 0.717) is 6.42 Å². The van der Waals surface area contributed by atoms with E-state index in [1.165, 1.54) is 0 Å². The molecule has 0 spiro atoms. The number of primary amides is 1. The van der Waals surface area contributed by atoms with Gasteiger partial charge in [0.15, 0.2) is 0 Å². The number of amides is 1. The van der Waals surface area contributed by atoms with E-state index in [2.05, 4.69) is 0 Å². The first-order valence-corrected chi connectivity index (χ1v) is 5.34. The lowest BCUT2D eigenvalue weighted by Gasteiger charge is -2.33. The van der Waals surface area contributed by atoms with Crippen LogP contribution in [0.25, 0.3) is 0 Å². The second-order valence-electron chi connectivity index (χ2n) is 5.51. The van der Waals surface area contributed by atoms with Crippen molar-refractivity contribution in [2.45, 2.75) is 45.7 Å². The van der Waals surface area contributed by atoms with Crippen molar-refractivity contribution in [1.29, 1.82) is 0 Å². The Morgan fingerprint density at radius 3 is 2.64 bits per heavy atom. The fourth-order valence-corrected chi connectivity index (χ4v) is 3.56. The van der Waals surface area contributed by atoms with Crippen molar-refractivity contribution in [2.24, 2.45) is 22.5 Å². The molecule has 2 bridgehead atoms. The minimum atomic E-state index is -0.839. The van der Waals surface area contributed by atoms with Crippen LogP contribution in [0.3, 0.4) is 0 Å². The summed E-state index contributed by atoms with van der Waals surface area (Å²) in [5.41, 5.74) is 4.50. The largest absolute Gasteiger partial charge is 0.369 e. The number of halogens is 1. The Bertz CT molecular complexity index is 280. The molecule has 2 rings (SSSR count). The van der Waals surface area contributed by atoms with Crippen LogP contribution in [0, 0.1) is 16.7 Å². The first-order chi connectivity index (χ1) is 6.40. The molecule has 4 atom stereocenters. The summed E-state index contributed by atoms with van der Waals surface area (Å²) in [4.78, 5) is 11.4. The van der Waals surface area contributed by atoms with E-state index < -0.39 is 11.6 Å². The van der Waals surface area contributed by atoms with Crippen LogP contribution in [0.5, 0.6) is 0 Å². The fraction of sp³-hybridized carbons (Fsp3) is 0.909. The predicted octanol–water partition coefficient (Wildman–Crippen LogP) is 2.03. The number of rotatable bonds is 1. The van der Waals surface area contributed by atoms with Crippen LogP contribution in [0.4, 0.5) is 4.39 Å². The Balaban J connectivity index is 2.38. The van der Waals surface area contributed by atoms with Crippen molar-refractivity contribution in [3.05, 3.63) is 0 Å². The lowest BCUT2D eigenvalue weighted by Crippen LogP contribution is -2.39. The van der Waals surface area contributed by atoms with E-state index in [4.69, 9.17) is 5.73 Å². The van der Waals surface area contributed by atoms with Crippen LogP contribution in [-0.4, -0.2) is 12.1 Å². The first kappa shape index (κ1) is 9.94. The molecule has 0 aromatic heterocycles. The van der Waals surface area contributed by atoms with Gasteiger partial charge in [-0.1, -0.05) is 20.3 Å². The number of hydrogen-bond acceptors (Lipinski definition) is 1. The van der Waals surface area contributed by atoms with Gasteiger partial charge in [0.2, 0.25) is 5.91 Å². The zero-order valence-corrected chi connectivity index (χ0v) is 8.85. The molecule has 2 saturated carbocycles. The zero-order valence-electron chi connectivity index (χ0n) is 8.85. The molecule has 0 aliphatic heterocycles. The average molecular weight is 199 g/mol. The summed E-state index contributed by atoms with van der Waals surface area (Å²) in [5.74, 6) is -0.463. The molecule has 0 aromatic carbocycles. The highest BCUT2D eigenvalue weighted by atomic mass is 19.1. The molecule has 0 saturated heterocycles. The zero-order chi connectivity index (χ0) is 10.6. The normalized spacial score (nSPS) is 51.9. The number of carbonyl (C=O) groups is 1. The second-order valence-corrected chi connectivity index (χ2v) is 5.51. The summed E-state index contributed by atoms with van der Waals surface area (Å²) in [5, 5.41) is 0. The minimum absolute atomic E-state index is 0.140. The SMILES string of the molecule is C[C@@]12CCC[C@@H]([C@H]1F)[C@](C)(C(N)=O)C2. The number of carbonyl (C=O) groups excluding carboxylic acids is 1. The van der Waals surface area contributed by atoms with Gasteiger partial charge < -0.3 is 5.73 Å². The van der Waals surface area contributed by atoms with Gasteiger partial charge in [0.1, 0.15) is 6.17 Å². The molecule has 0 heterocycles. The van der Waals surface area contributed by atoms with Gasteiger partial charge in [-0.05, 0) is 19.3 Å². The smallest absolute Gasteiger partial charge is 0.223 e. The molecule has 2 N–H and O–H groups in total. The Kier molecular flexibility index (Phi) is 1.92. The van der Waals surface area contributed by atoms with Crippen molar-refractivity contribution in [3.8, 4) is 0 Å². The molecular formula is C11H18FNO. The molecule has 2 nitrogen and oxygen atoms in total. The van der Waals surface area contributed by atoms with E-state index in [9.17, 15) is 9.18 Å². The molecule has 2 aliphatic carbocycles. The number of fused-ring (bicyclic) bond motifs is 2. The summed E-state index contributed by atoms with van der Waals surface area (Å²) in [6.45, 7) is 3.79. The van der Waals surface area contributed by atoms with Gasteiger partial charge in [-0.3, -0.25) is 4.79 Å².